The van der Waals surface area contributed by atoms with Gasteiger partial charge in [0.1, 0.15) is 11.5 Å². The van der Waals surface area contributed by atoms with Gasteiger partial charge in [-0.05, 0) is 24.1 Å². The predicted octanol–water partition coefficient (Wildman–Crippen LogP) is 1.86. The monoisotopic (exact) mass is 260 g/mol. The maximum Gasteiger partial charge on any atom is 0.339 e. The number of benzene rings is 1. The fourth-order valence-electron chi connectivity index (χ4n) is 2.00. The quantitative estimate of drug-likeness (QED) is 0.912. The van der Waals surface area contributed by atoms with Crippen molar-refractivity contribution in [1.29, 1.82) is 0 Å². The van der Waals surface area contributed by atoms with Gasteiger partial charge >= 0.3 is 5.63 Å². The van der Waals surface area contributed by atoms with E-state index in [2.05, 4.69) is 0 Å². The lowest BCUT2D eigenvalue weighted by atomic mass is 10.1. The molecule has 0 atom stereocenters. The standard InChI is InChI=1S/C14H12O5/c15-10-6-11(19-14(16)7-10)3-1-9-2-4-12-13(5-9)18-8-17-12/h2,4-7,15H,1,3,8H2. The molecule has 5 nitrogen and oxygen atoms in total. The summed E-state index contributed by atoms with van der Waals surface area (Å²) in [5.74, 6) is 1.86. The molecule has 2 aromatic rings. The Kier molecular flexibility index (Phi) is 2.87. The van der Waals surface area contributed by atoms with Gasteiger partial charge in [-0.3, -0.25) is 0 Å². The van der Waals surface area contributed by atoms with Crippen molar-refractivity contribution < 1.29 is 19.0 Å². The molecule has 98 valence electrons. The Labute approximate surface area is 109 Å². The largest absolute Gasteiger partial charge is 0.508 e. The molecule has 3 rings (SSSR count). The average molecular weight is 260 g/mol. The van der Waals surface area contributed by atoms with E-state index in [4.69, 9.17) is 13.9 Å². The van der Waals surface area contributed by atoms with Crippen LogP contribution in [0.15, 0.2) is 39.5 Å². The Morgan fingerprint density at radius 2 is 1.89 bits per heavy atom. The summed E-state index contributed by atoms with van der Waals surface area (Å²) in [6.45, 7) is 0.250. The minimum absolute atomic E-state index is 0.0723. The van der Waals surface area contributed by atoms with Gasteiger partial charge in [0.15, 0.2) is 11.5 Å². The van der Waals surface area contributed by atoms with Crippen LogP contribution in [0.1, 0.15) is 11.3 Å². The van der Waals surface area contributed by atoms with Crippen molar-refractivity contribution in [1.82, 2.24) is 0 Å². The summed E-state index contributed by atoms with van der Waals surface area (Å²) in [4.78, 5) is 11.1. The van der Waals surface area contributed by atoms with Gasteiger partial charge in [0.25, 0.3) is 0 Å². The van der Waals surface area contributed by atoms with E-state index in [0.29, 0.717) is 18.6 Å². The zero-order chi connectivity index (χ0) is 13.2. The lowest BCUT2D eigenvalue weighted by molar-refractivity contribution is 0.174. The fraction of sp³-hybridized carbons (Fsp3) is 0.214. The van der Waals surface area contributed by atoms with Crippen LogP contribution in [-0.2, 0) is 12.8 Å². The van der Waals surface area contributed by atoms with E-state index >= 15 is 0 Å². The van der Waals surface area contributed by atoms with Gasteiger partial charge in [-0.15, -0.1) is 0 Å². The van der Waals surface area contributed by atoms with Gasteiger partial charge in [0, 0.05) is 12.5 Å². The fourth-order valence-corrected chi connectivity index (χ4v) is 2.00. The molecule has 1 aliphatic rings. The van der Waals surface area contributed by atoms with Crippen LogP contribution in [-0.4, -0.2) is 11.9 Å². The van der Waals surface area contributed by atoms with Gasteiger partial charge in [0.05, 0.1) is 6.07 Å². The molecule has 0 aliphatic carbocycles. The molecule has 1 aromatic heterocycles. The van der Waals surface area contributed by atoms with Crippen LogP contribution in [0.2, 0.25) is 0 Å². The van der Waals surface area contributed by atoms with Crippen LogP contribution in [0, 0.1) is 0 Å². The van der Waals surface area contributed by atoms with Crippen molar-refractivity contribution >= 4 is 0 Å². The number of hydrogen-bond donors (Lipinski definition) is 1. The first-order chi connectivity index (χ1) is 9.20. The van der Waals surface area contributed by atoms with E-state index in [1.807, 2.05) is 18.2 Å². The Morgan fingerprint density at radius 3 is 2.74 bits per heavy atom. The summed E-state index contributed by atoms with van der Waals surface area (Å²) in [7, 11) is 0. The number of aryl methyl sites for hydroxylation is 2. The second-order valence-electron chi connectivity index (χ2n) is 4.29. The molecule has 1 N–H and O–H groups in total. The molecule has 19 heavy (non-hydrogen) atoms. The summed E-state index contributed by atoms with van der Waals surface area (Å²) < 4.78 is 15.5. The number of hydrogen-bond acceptors (Lipinski definition) is 5. The molecular formula is C14H12O5. The summed E-state index contributed by atoms with van der Waals surface area (Å²) >= 11 is 0. The molecule has 0 saturated carbocycles. The van der Waals surface area contributed by atoms with Crippen LogP contribution in [0.25, 0.3) is 0 Å². The summed E-state index contributed by atoms with van der Waals surface area (Å²) in [6, 6.07) is 8.20. The van der Waals surface area contributed by atoms with Gasteiger partial charge in [-0.2, -0.15) is 0 Å². The van der Waals surface area contributed by atoms with Gasteiger partial charge in [-0.25, -0.2) is 4.79 Å². The molecule has 0 unspecified atom stereocenters. The summed E-state index contributed by atoms with van der Waals surface area (Å²) in [5.41, 5.74) is 0.510. The lowest BCUT2D eigenvalue weighted by Gasteiger charge is -2.03. The van der Waals surface area contributed by atoms with Crippen LogP contribution >= 0.6 is 0 Å². The van der Waals surface area contributed by atoms with Crippen molar-refractivity contribution in [3.8, 4) is 17.2 Å². The van der Waals surface area contributed by atoms with Crippen molar-refractivity contribution in [3.63, 3.8) is 0 Å². The van der Waals surface area contributed by atoms with Crippen molar-refractivity contribution in [2.45, 2.75) is 12.8 Å². The molecule has 0 fully saturated rings. The molecule has 5 heteroatoms. The topological polar surface area (TPSA) is 68.9 Å². The number of aromatic hydroxyl groups is 1. The van der Waals surface area contributed by atoms with Gasteiger partial charge in [0.2, 0.25) is 6.79 Å². The van der Waals surface area contributed by atoms with Crippen LogP contribution in [0.4, 0.5) is 0 Å². The predicted molar refractivity (Wildman–Crippen MR) is 66.6 cm³/mol. The smallest absolute Gasteiger partial charge is 0.339 e. The highest BCUT2D eigenvalue weighted by Crippen LogP contribution is 2.32. The number of fused-ring (bicyclic) bond motifs is 1. The lowest BCUT2D eigenvalue weighted by Crippen LogP contribution is -2.00. The van der Waals surface area contributed by atoms with Gasteiger partial charge < -0.3 is 19.0 Å². The Balaban J connectivity index is 1.74. The van der Waals surface area contributed by atoms with E-state index in [1.54, 1.807) is 0 Å². The van der Waals surface area contributed by atoms with E-state index in [1.165, 1.54) is 6.07 Å². The zero-order valence-corrected chi connectivity index (χ0v) is 10.1. The zero-order valence-electron chi connectivity index (χ0n) is 10.1. The number of rotatable bonds is 3. The van der Waals surface area contributed by atoms with Crippen molar-refractivity contribution in [2.24, 2.45) is 0 Å². The first-order valence-electron chi connectivity index (χ1n) is 5.92. The van der Waals surface area contributed by atoms with E-state index in [9.17, 15) is 9.90 Å². The van der Waals surface area contributed by atoms with Crippen LogP contribution in [0.3, 0.4) is 0 Å². The maximum atomic E-state index is 11.1. The Bertz CT molecular complexity index is 659. The second-order valence-corrected chi connectivity index (χ2v) is 4.29. The van der Waals surface area contributed by atoms with E-state index in [-0.39, 0.29) is 12.5 Å². The van der Waals surface area contributed by atoms with E-state index in [0.717, 1.165) is 23.1 Å². The highest BCUT2D eigenvalue weighted by atomic mass is 16.7. The van der Waals surface area contributed by atoms with Crippen molar-refractivity contribution in [3.05, 3.63) is 52.1 Å². The third-order valence-corrected chi connectivity index (χ3v) is 2.90. The SMILES string of the molecule is O=c1cc(O)cc(CCc2ccc3c(c2)OCO3)o1. The summed E-state index contributed by atoms with van der Waals surface area (Å²) in [5, 5.41) is 9.32. The molecular weight excluding hydrogens is 248 g/mol. The highest BCUT2D eigenvalue weighted by Gasteiger charge is 2.13. The molecule has 0 spiro atoms. The third-order valence-electron chi connectivity index (χ3n) is 2.90. The minimum atomic E-state index is -0.541. The minimum Gasteiger partial charge on any atom is -0.508 e. The molecule has 2 heterocycles. The van der Waals surface area contributed by atoms with Crippen molar-refractivity contribution in [2.75, 3.05) is 6.79 Å². The maximum absolute atomic E-state index is 11.1. The summed E-state index contributed by atoms with van der Waals surface area (Å²) in [6.07, 6.45) is 1.21. The third kappa shape index (κ3) is 2.54. The van der Waals surface area contributed by atoms with Gasteiger partial charge in [-0.1, -0.05) is 6.07 Å². The highest BCUT2D eigenvalue weighted by molar-refractivity contribution is 5.44. The molecule has 1 aliphatic heterocycles. The molecule has 0 amide bonds. The first-order valence-corrected chi connectivity index (χ1v) is 5.92. The number of ether oxygens (including phenoxy) is 2. The molecule has 0 saturated heterocycles. The Morgan fingerprint density at radius 1 is 1.05 bits per heavy atom. The first kappa shape index (κ1) is 11.6. The molecule has 1 aromatic carbocycles. The molecule has 0 bridgehead atoms. The van der Waals surface area contributed by atoms with Crippen LogP contribution < -0.4 is 15.1 Å². The Hall–Kier alpha value is -2.43. The normalized spacial score (nSPS) is 12.6. The van der Waals surface area contributed by atoms with E-state index < -0.39 is 5.63 Å². The average Bonchev–Trinajstić information content (AvgIpc) is 2.82. The van der Waals surface area contributed by atoms with Crippen LogP contribution in [0.5, 0.6) is 17.2 Å². The second kappa shape index (κ2) is 4.68. The molecule has 0 radical (unpaired) electrons.